The summed E-state index contributed by atoms with van der Waals surface area (Å²) < 4.78 is 5.33. The molecule has 0 fully saturated rings. The maximum atomic E-state index is 11.9. The van der Waals surface area contributed by atoms with Gasteiger partial charge in [0.25, 0.3) is 11.7 Å². The molecule has 0 N–H and O–H groups in total. The highest BCUT2D eigenvalue weighted by Gasteiger charge is 2.35. The number of anilines is 1. The van der Waals surface area contributed by atoms with Crippen molar-refractivity contribution in [1.29, 1.82) is 0 Å². The second-order valence-electron chi connectivity index (χ2n) is 4.13. The summed E-state index contributed by atoms with van der Waals surface area (Å²) in [5.74, 6) is -1.37. The van der Waals surface area contributed by atoms with Crippen LogP contribution in [0.15, 0.2) is 22.7 Å². The topological polar surface area (TPSA) is 63.7 Å². The summed E-state index contributed by atoms with van der Waals surface area (Å²) in [7, 11) is 1.32. The summed E-state index contributed by atoms with van der Waals surface area (Å²) in [6.45, 7) is 0.323. The van der Waals surface area contributed by atoms with E-state index in [1.54, 1.807) is 18.2 Å². The number of amides is 1. The number of rotatable bonds is 4. The van der Waals surface area contributed by atoms with Gasteiger partial charge in [-0.25, -0.2) is 0 Å². The Kier molecular flexibility index (Phi) is 3.99. The van der Waals surface area contributed by atoms with E-state index in [9.17, 15) is 14.4 Å². The van der Waals surface area contributed by atoms with Crippen LogP contribution in [0, 0.1) is 0 Å². The predicted octanol–water partition coefficient (Wildman–Crippen LogP) is 1.93. The second kappa shape index (κ2) is 5.52. The Labute approximate surface area is 118 Å². The zero-order valence-corrected chi connectivity index (χ0v) is 11.9. The third kappa shape index (κ3) is 2.68. The van der Waals surface area contributed by atoms with Crippen LogP contribution in [0.4, 0.5) is 5.69 Å². The highest BCUT2D eigenvalue weighted by atomic mass is 79.9. The van der Waals surface area contributed by atoms with E-state index in [0.29, 0.717) is 24.2 Å². The van der Waals surface area contributed by atoms with Crippen LogP contribution in [0.1, 0.15) is 23.2 Å². The van der Waals surface area contributed by atoms with Gasteiger partial charge in [0, 0.05) is 17.4 Å². The van der Waals surface area contributed by atoms with Gasteiger partial charge >= 0.3 is 5.97 Å². The number of ether oxygens (including phenoxy) is 1. The number of benzene rings is 1. The highest BCUT2D eigenvalue weighted by Crippen LogP contribution is 2.31. The Morgan fingerprint density at radius 3 is 2.79 bits per heavy atom. The Bertz CT molecular complexity index is 556. The second-order valence-corrected chi connectivity index (χ2v) is 5.04. The van der Waals surface area contributed by atoms with Gasteiger partial charge in [-0.15, -0.1) is 0 Å². The van der Waals surface area contributed by atoms with Crippen LogP contribution in [0.25, 0.3) is 0 Å². The van der Waals surface area contributed by atoms with Crippen molar-refractivity contribution in [2.75, 3.05) is 18.6 Å². The van der Waals surface area contributed by atoms with E-state index < -0.39 is 11.7 Å². The Morgan fingerprint density at radius 1 is 1.37 bits per heavy atom. The third-order valence-corrected chi connectivity index (χ3v) is 3.42. The van der Waals surface area contributed by atoms with Crippen molar-refractivity contribution >= 4 is 39.3 Å². The fourth-order valence-corrected chi connectivity index (χ4v) is 2.32. The molecule has 0 saturated heterocycles. The van der Waals surface area contributed by atoms with Crippen LogP contribution in [0.3, 0.4) is 0 Å². The molecule has 1 amide bonds. The van der Waals surface area contributed by atoms with Gasteiger partial charge in [0.15, 0.2) is 0 Å². The van der Waals surface area contributed by atoms with Gasteiger partial charge in [-0.1, -0.05) is 15.9 Å². The van der Waals surface area contributed by atoms with E-state index in [4.69, 9.17) is 0 Å². The standard InChI is InChI=1S/C13H12BrNO4/c1-19-11(16)3-2-6-15-10-7-8(14)4-5-9(10)12(17)13(15)18/h4-5,7H,2-3,6H2,1H3. The van der Waals surface area contributed by atoms with Gasteiger partial charge in [0.2, 0.25) is 0 Å². The zero-order chi connectivity index (χ0) is 14.0. The van der Waals surface area contributed by atoms with Crippen LogP contribution < -0.4 is 4.90 Å². The molecule has 0 radical (unpaired) electrons. The minimum Gasteiger partial charge on any atom is -0.469 e. The first-order valence-electron chi connectivity index (χ1n) is 5.77. The molecule has 1 aromatic rings. The number of fused-ring (bicyclic) bond motifs is 1. The number of halogens is 1. The molecule has 1 heterocycles. The van der Waals surface area contributed by atoms with Crippen molar-refractivity contribution in [2.24, 2.45) is 0 Å². The molecule has 0 saturated carbocycles. The van der Waals surface area contributed by atoms with Gasteiger partial charge in [0.1, 0.15) is 0 Å². The van der Waals surface area contributed by atoms with Crippen LogP contribution in [0.2, 0.25) is 0 Å². The van der Waals surface area contributed by atoms with Crippen LogP contribution in [-0.2, 0) is 14.3 Å². The molecule has 1 aliphatic heterocycles. The number of ketones is 1. The van der Waals surface area contributed by atoms with Crippen molar-refractivity contribution in [3.8, 4) is 0 Å². The summed E-state index contributed by atoms with van der Waals surface area (Å²) in [5, 5.41) is 0. The number of hydrogen-bond acceptors (Lipinski definition) is 4. The first kappa shape index (κ1) is 13.7. The Balaban J connectivity index is 2.14. The van der Waals surface area contributed by atoms with Gasteiger partial charge in [-0.3, -0.25) is 14.4 Å². The average Bonchev–Trinajstić information content (AvgIpc) is 2.63. The number of esters is 1. The molecule has 1 aromatic carbocycles. The summed E-state index contributed by atoms with van der Waals surface area (Å²) in [6.07, 6.45) is 0.676. The minimum atomic E-state index is -0.544. The normalized spacial score (nSPS) is 13.7. The van der Waals surface area contributed by atoms with E-state index in [1.807, 2.05) is 0 Å². The lowest BCUT2D eigenvalue weighted by Gasteiger charge is -2.16. The predicted molar refractivity (Wildman–Crippen MR) is 72.1 cm³/mol. The SMILES string of the molecule is COC(=O)CCCN1C(=O)C(=O)c2ccc(Br)cc21. The molecule has 100 valence electrons. The first-order chi connectivity index (χ1) is 9.04. The largest absolute Gasteiger partial charge is 0.469 e. The molecule has 19 heavy (non-hydrogen) atoms. The summed E-state index contributed by atoms with van der Waals surface area (Å²) in [6, 6.07) is 5.08. The number of nitrogens with zero attached hydrogens (tertiary/aromatic N) is 1. The quantitative estimate of drug-likeness (QED) is 0.626. The van der Waals surface area contributed by atoms with E-state index in [1.165, 1.54) is 12.0 Å². The van der Waals surface area contributed by atoms with Crippen LogP contribution in [0.5, 0.6) is 0 Å². The summed E-state index contributed by atoms with van der Waals surface area (Å²) in [5.41, 5.74) is 1.00. The van der Waals surface area contributed by atoms with Crippen molar-refractivity contribution in [3.05, 3.63) is 28.2 Å². The molecule has 0 spiro atoms. The van der Waals surface area contributed by atoms with Gasteiger partial charge < -0.3 is 9.64 Å². The van der Waals surface area contributed by atoms with Crippen molar-refractivity contribution in [1.82, 2.24) is 0 Å². The molecule has 0 bridgehead atoms. The van der Waals surface area contributed by atoms with E-state index in [2.05, 4.69) is 20.7 Å². The summed E-state index contributed by atoms with van der Waals surface area (Å²) >= 11 is 3.31. The third-order valence-electron chi connectivity index (χ3n) is 2.92. The smallest absolute Gasteiger partial charge is 0.305 e. The van der Waals surface area contributed by atoms with Gasteiger partial charge in [-0.2, -0.15) is 0 Å². The molecule has 6 heteroatoms. The first-order valence-corrected chi connectivity index (χ1v) is 6.56. The Hall–Kier alpha value is -1.69. The molecule has 2 rings (SSSR count). The van der Waals surface area contributed by atoms with Crippen molar-refractivity contribution < 1.29 is 19.1 Å². The fraction of sp³-hybridized carbons (Fsp3) is 0.308. The summed E-state index contributed by atoms with van der Waals surface area (Å²) in [4.78, 5) is 36.1. The average molecular weight is 326 g/mol. The lowest BCUT2D eigenvalue weighted by atomic mass is 10.1. The number of hydrogen-bond donors (Lipinski definition) is 0. The molecule has 0 unspecified atom stereocenters. The number of Topliss-reactive ketones (excluding diaryl/α,β-unsaturated/α-hetero) is 1. The lowest BCUT2D eigenvalue weighted by molar-refractivity contribution is -0.140. The Morgan fingerprint density at radius 2 is 2.11 bits per heavy atom. The number of methoxy groups -OCH3 is 1. The van der Waals surface area contributed by atoms with Crippen LogP contribution in [-0.4, -0.2) is 31.3 Å². The van der Waals surface area contributed by atoms with E-state index in [-0.39, 0.29) is 12.4 Å². The monoisotopic (exact) mass is 325 g/mol. The molecule has 0 atom stereocenters. The molecule has 1 aliphatic rings. The molecule has 5 nitrogen and oxygen atoms in total. The number of carbonyl (C=O) groups is 3. The maximum Gasteiger partial charge on any atom is 0.305 e. The number of carbonyl (C=O) groups excluding carboxylic acids is 3. The maximum absolute atomic E-state index is 11.9. The zero-order valence-electron chi connectivity index (χ0n) is 10.3. The van der Waals surface area contributed by atoms with E-state index in [0.717, 1.165) is 4.47 Å². The minimum absolute atomic E-state index is 0.220. The lowest BCUT2D eigenvalue weighted by Crippen LogP contribution is -2.31. The molecular formula is C13H12BrNO4. The van der Waals surface area contributed by atoms with Gasteiger partial charge in [-0.05, 0) is 24.6 Å². The van der Waals surface area contributed by atoms with Crippen molar-refractivity contribution in [2.45, 2.75) is 12.8 Å². The van der Waals surface area contributed by atoms with Crippen LogP contribution >= 0.6 is 15.9 Å². The highest BCUT2D eigenvalue weighted by molar-refractivity contribution is 9.10. The van der Waals surface area contributed by atoms with E-state index >= 15 is 0 Å². The molecule has 0 aromatic heterocycles. The molecule has 0 aliphatic carbocycles. The fourth-order valence-electron chi connectivity index (χ4n) is 1.97. The van der Waals surface area contributed by atoms with Gasteiger partial charge in [0.05, 0.1) is 18.4 Å². The molecular weight excluding hydrogens is 314 g/mol. The van der Waals surface area contributed by atoms with Crippen molar-refractivity contribution in [3.63, 3.8) is 0 Å².